The number of methoxy groups -OCH3 is 1. The van der Waals surface area contributed by atoms with Gasteiger partial charge in [0.15, 0.2) is 0 Å². The molecule has 0 bridgehead atoms. The van der Waals surface area contributed by atoms with Gasteiger partial charge in [0.25, 0.3) is 0 Å². The third-order valence-corrected chi connectivity index (χ3v) is 17.7. The second-order valence-electron chi connectivity index (χ2n) is 27.7. The van der Waals surface area contributed by atoms with Crippen molar-refractivity contribution in [2.75, 3.05) is 63.1 Å². The Morgan fingerprint density at radius 3 is 1.43 bits per heavy atom. The van der Waals surface area contributed by atoms with Gasteiger partial charge in [0.05, 0.1) is 18.3 Å². The summed E-state index contributed by atoms with van der Waals surface area (Å²) in [7, 11) is 11.0. The number of nitrogens with zero attached hydrogens (tertiary/aromatic N) is 7. The summed E-state index contributed by atoms with van der Waals surface area (Å²) in [5.74, 6) is -10.2. The second-order valence-corrected chi connectivity index (χ2v) is 27.7. The molecule has 1 saturated heterocycles. The second kappa shape index (κ2) is 37.5. The van der Waals surface area contributed by atoms with Crippen molar-refractivity contribution in [2.24, 2.45) is 35.5 Å². The molecular formula is C66H119N11O14. The van der Waals surface area contributed by atoms with Crippen LogP contribution in [-0.4, -0.2) is 251 Å². The highest BCUT2D eigenvalue weighted by molar-refractivity contribution is 6.00. The van der Waals surface area contributed by atoms with Gasteiger partial charge in [0.2, 0.25) is 65.0 Å². The van der Waals surface area contributed by atoms with Crippen LogP contribution in [0.5, 0.6) is 0 Å². The van der Waals surface area contributed by atoms with E-state index < -0.39 is 168 Å². The van der Waals surface area contributed by atoms with Crippen molar-refractivity contribution in [1.29, 1.82) is 0 Å². The van der Waals surface area contributed by atoms with Gasteiger partial charge >= 0.3 is 0 Å². The first-order chi connectivity index (χ1) is 42.0. The van der Waals surface area contributed by atoms with Crippen molar-refractivity contribution < 1.29 is 67.7 Å². The maximum atomic E-state index is 15.3. The van der Waals surface area contributed by atoms with Crippen molar-refractivity contribution in [1.82, 2.24) is 55.6 Å². The number of carbonyl (C=O) groups excluding carboxylic acids is 11. The van der Waals surface area contributed by atoms with Crippen molar-refractivity contribution in [3.8, 4) is 0 Å². The van der Waals surface area contributed by atoms with E-state index >= 15 is 14.4 Å². The van der Waals surface area contributed by atoms with Gasteiger partial charge in [-0.3, -0.25) is 52.7 Å². The summed E-state index contributed by atoms with van der Waals surface area (Å²) in [5.41, 5.74) is -1.08. The molecule has 1 unspecified atom stereocenters. The number of hydrogen-bond donors (Lipinski definition) is 6. The third kappa shape index (κ3) is 23.1. The first kappa shape index (κ1) is 82.8. The molecule has 0 aromatic heterocycles. The number of nitrogens with one attached hydrogen (secondary N) is 4. The van der Waals surface area contributed by atoms with Crippen molar-refractivity contribution in [3.63, 3.8) is 0 Å². The number of aliphatic hydroxyl groups is 2. The molecule has 13 atom stereocenters. The number of hydrogen-bond acceptors (Lipinski definition) is 14. The molecule has 11 amide bonds. The average molecular weight is 1290 g/mol. The Morgan fingerprint density at radius 1 is 0.505 bits per heavy atom. The maximum absolute atomic E-state index is 15.3. The van der Waals surface area contributed by atoms with Crippen LogP contribution >= 0.6 is 0 Å². The predicted octanol–water partition coefficient (Wildman–Crippen LogP) is 3.18. The van der Waals surface area contributed by atoms with Gasteiger partial charge in [0, 0.05) is 62.9 Å². The number of allylic oxidation sites excluding steroid dienone is 2. The van der Waals surface area contributed by atoms with Crippen LogP contribution in [0.4, 0.5) is 0 Å². The first-order valence-corrected chi connectivity index (χ1v) is 32.6. The number of likely N-dealkylation sites (N-methyl/N-ethyl adjacent to an activating group) is 7. The van der Waals surface area contributed by atoms with Gasteiger partial charge in [0.1, 0.15) is 66.5 Å². The summed E-state index contributed by atoms with van der Waals surface area (Å²) in [6.45, 7) is 28.7. The highest BCUT2D eigenvalue weighted by Gasteiger charge is 2.47. The van der Waals surface area contributed by atoms with Crippen molar-refractivity contribution in [2.45, 2.75) is 247 Å². The minimum atomic E-state index is -1.68. The van der Waals surface area contributed by atoms with E-state index in [1.54, 1.807) is 74.5 Å². The molecule has 1 heterocycles. The molecule has 6 N–H and O–H groups in total. The smallest absolute Gasteiger partial charge is 0.248 e. The Hall–Kier alpha value is -6.21. The fourth-order valence-electron chi connectivity index (χ4n) is 11.3. The monoisotopic (exact) mass is 1290 g/mol. The van der Waals surface area contributed by atoms with E-state index in [1.807, 2.05) is 41.5 Å². The number of carbonyl (C=O) groups is 11. The summed E-state index contributed by atoms with van der Waals surface area (Å²) < 4.78 is 5.73. The molecule has 25 heteroatoms. The normalized spacial score (nSPS) is 26.9. The molecule has 0 aromatic carbocycles. The van der Waals surface area contributed by atoms with E-state index in [-0.39, 0.29) is 56.3 Å². The quantitative estimate of drug-likeness (QED) is 0.101. The minimum absolute atomic E-state index is 0.0568. The number of amides is 11. The van der Waals surface area contributed by atoms with Crippen LogP contribution in [0, 0.1) is 35.5 Å². The fourth-order valence-corrected chi connectivity index (χ4v) is 11.3. The molecule has 522 valence electrons. The van der Waals surface area contributed by atoms with Crippen LogP contribution in [0.15, 0.2) is 12.2 Å². The third-order valence-electron chi connectivity index (χ3n) is 17.7. The lowest BCUT2D eigenvalue weighted by molar-refractivity contribution is -0.157. The first-order valence-electron chi connectivity index (χ1n) is 32.6. The number of rotatable bonds is 19. The van der Waals surface area contributed by atoms with Crippen LogP contribution in [0.1, 0.15) is 169 Å². The standard InChI is InChI=1S/C66H119N11O14/c1-26-28-29-42(13)54(79)53-58(83)69-45(27-2)60(85)75(22)50(36-78)63(88)74(21)49(35-66(16,17)91-25)57(82)70-51(40(9)10)64(89)71(18)46(32-30-37(3)4)56(81)67-43(14)55(80)68-44(15)59(84)73(20)48(34-39(7)8)62(87)72(19)47(33-31-38(5)6)61(86)76(23)52(41(11)12)65(90)77(53)24/h26,28,37-54,78-79H,27,29-36H2,1-25H3,(H,67,81)(H,68,80)(H,69,83)(H,70,82)/b28-26+/t42-,43-,44+,45+,46-,47-,48+,49+,50-,51-,52+,53?,54-/m1/s1. The van der Waals surface area contributed by atoms with Gasteiger partial charge in [-0.25, -0.2) is 0 Å². The van der Waals surface area contributed by atoms with Gasteiger partial charge in [-0.05, 0) is 115 Å². The van der Waals surface area contributed by atoms with E-state index in [9.17, 15) is 48.6 Å². The predicted molar refractivity (Wildman–Crippen MR) is 350 cm³/mol. The summed E-state index contributed by atoms with van der Waals surface area (Å²) >= 11 is 0. The maximum Gasteiger partial charge on any atom is 0.248 e. The van der Waals surface area contributed by atoms with Crippen LogP contribution < -0.4 is 21.3 Å². The summed E-state index contributed by atoms with van der Waals surface area (Å²) in [5, 5.41) is 34.1. The molecule has 0 spiro atoms. The molecule has 0 saturated carbocycles. The van der Waals surface area contributed by atoms with Crippen molar-refractivity contribution >= 4 is 65.0 Å². The molecule has 0 radical (unpaired) electrons. The number of ether oxygens (including phenoxy) is 1. The van der Waals surface area contributed by atoms with E-state index in [0.717, 1.165) is 14.7 Å². The Bertz CT molecular complexity index is 2490. The Labute approximate surface area is 544 Å². The Balaban J connectivity index is 4.50. The molecule has 25 nitrogen and oxygen atoms in total. The number of aliphatic hydroxyl groups excluding tert-OH is 2. The SMILES string of the molecule is C/C=C/C[C@@H](C)[C@@H](O)C1C(=O)N[C@@H](CC)C(=O)N(C)[C@H](CO)C(=O)N(C)[C@@H](CC(C)(C)OC)C(=O)N[C@H](C(C)C)C(=O)N(C)[C@H](CCC(C)C)C(=O)N[C@H](C)C(=O)N[C@@H](C)C(=O)N(C)[C@@H](CC(C)C)C(=O)N(C)[C@H](CCC(C)C)C(=O)N(C)[C@@H](C(C)C)C(=O)N1C. The van der Waals surface area contributed by atoms with Crippen LogP contribution in [0.2, 0.25) is 0 Å². The van der Waals surface area contributed by atoms with Crippen molar-refractivity contribution in [3.05, 3.63) is 12.2 Å². The molecule has 0 aliphatic carbocycles. The zero-order valence-electron chi connectivity index (χ0n) is 59.8. The highest BCUT2D eigenvalue weighted by Crippen LogP contribution is 2.27. The van der Waals surface area contributed by atoms with E-state index in [2.05, 4.69) is 21.3 Å². The molecule has 1 rings (SSSR count). The van der Waals surface area contributed by atoms with Gasteiger partial charge < -0.3 is 70.5 Å². The molecule has 0 aromatic rings. The molecular weight excluding hydrogens is 1170 g/mol. The van der Waals surface area contributed by atoms with E-state index in [4.69, 9.17) is 4.74 Å². The van der Waals surface area contributed by atoms with Gasteiger partial charge in [-0.2, -0.15) is 0 Å². The lowest BCUT2D eigenvalue weighted by Crippen LogP contribution is -2.64. The van der Waals surface area contributed by atoms with Crippen LogP contribution in [-0.2, 0) is 57.5 Å². The van der Waals surface area contributed by atoms with E-state index in [1.165, 1.54) is 89.9 Å². The molecule has 1 aliphatic heterocycles. The molecule has 1 fully saturated rings. The summed E-state index contributed by atoms with van der Waals surface area (Å²) in [4.78, 5) is 171. The van der Waals surface area contributed by atoms with Gasteiger partial charge in [-0.15, -0.1) is 0 Å². The molecule has 1 aliphatic rings. The Kier molecular flexibility index (Phi) is 34.1. The van der Waals surface area contributed by atoms with E-state index in [0.29, 0.717) is 12.8 Å². The average Bonchev–Trinajstić information content (AvgIpc) is 0.860. The summed E-state index contributed by atoms with van der Waals surface area (Å²) in [6, 6.07) is -14.8. The highest BCUT2D eigenvalue weighted by atomic mass is 16.5. The van der Waals surface area contributed by atoms with Crippen LogP contribution in [0.3, 0.4) is 0 Å². The minimum Gasteiger partial charge on any atom is -0.394 e. The van der Waals surface area contributed by atoms with Gasteiger partial charge in [-0.1, -0.05) is 95.2 Å². The molecule has 91 heavy (non-hydrogen) atoms. The fraction of sp³-hybridized carbons (Fsp3) is 0.803. The largest absolute Gasteiger partial charge is 0.394 e. The van der Waals surface area contributed by atoms with Crippen LogP contribution in [0.25, 0.3) is 0 Å². The Morgan fingerprint density at radius 2 is 0.956 bits per heavy atom. The lowest BCUT2D eigenvalue weighted by Gasteiger charge is -2.41. The topological polar surface area (TPSA) is 308 Å². The zero-order chi connectivity index (χ0) is 70.6. The lowest BCUT2D eigenvalue weighted by atomic mass is 9.91. The zero-order valence-corrected chi connectivity index (χ0v) is 59.8. The summed E-state index contributed by atoms with van der Waals surface area (Å²) in [6.07, 6.45) is 3.39.